The predicted molar refractivity (Wildman–Crippen MR) is 153 cm³/mol. The van der Waals surface area contributed by atoms with Crippen molar-refractivity contribution in [2.75, 3.05) is 33.2 Å². The van der Waals surface area contributed by atoms with Gasteiger partial charge in [-0.15, -0.1) is 0 Å². The van der Waals surface area contributed by atoms with Gasteiger partial charge in [-0.05, 0) is 124 Å². The second kappa shape index (κ2) is 9.98. The number of carbonyl (C=O) groups excluding carboxylic acids is 1. The molecular formula is C33H45N3O2. The number of likely N-dealkylation sites (tertiary alicyclic amines) is 2. The smallest absolute Gasteiger partial charge is 0.254 e. The van der Waals surface area contributed by atoms with Crippen LogP contribution in [0.5, 0.6) is 5.75 Å². The van der Waals surface area contributed by atoms with E-state index in [0.717, 1.165) is 50.9 Å². The number of amides is 1. The lowest BCUT2D eigenvalue weighted by Crippen LogP contribution is -2.67. The standard InChI is InChI=1S/C33H45N3O2/c1-4-28-30-25(22-36(28)31(38)23-11-7-6-8-12-23)21-32(5-2)29-19-24-13-14-26(37)20-27(24)33(30,32)15-18-35(29)17-10-9-16-34-3/h6-8,11-14,20,25,28-30,34,37H,4-5,9-10,15-19,21-22H2,1-3H3/t25-,28?,29?,30?,32?,33?/m1/s1. The van der Waals surface area contributed by atoms with Crippen LogP contribution in [0.3, 0.4) is 0 Å². The summed E-state index contributed by atoms with van der Waals surface area (Å²) in [7, 11) is 2.04. The maximum atomic E-state index is 13.8. The minimum Gasteiger partial charge on any atom is -0.508 e. The van der Waals surface area contributed by atoms with Crippen molar-refractivity contribution in [1.82, 2.24) is 15.1 Å². The molecular weight excluding hydrogens is 470 g/mol. The molecule has 204 valence electrons. The van der Waals surface area contributed by atoms with Gasteiger partial charge in [0.05, 0.1) is 0 Å². The minimum atomic E-state index is 0.0112. The Morgan fingerprint density at radius 3 is 2.68 bits per heavy atom. The van der Waals surface area contributed by atoms with Gasteiger partial charge in [-0.2, -0.15) is 0 Å². The second-order valence-electron chi connectivity index (χ2n) is 12.4. The van der Waals surface area contributed by atoms with Crippen LogP contribution in [0.2, 0.25) is 0 Å². The molecule has 5 unspecified atom stereocenters. The van der Waals surface area contributed by atoms with Crippen molar-refractivity contribution in [2.24, 2.45) is 17.3 Å². The average molecular weight is 516 g/mol. The van der Waals surface area contributed by atoms with Crippen LogP contribution < -0.4 is 5.32 Å². The Morgan fingerprint density at radius 2 is 1.95 bits per heavy atom. The van der Waals surface area contributed by atoms with Gasteiger partial charge in [0.25, 0.3) is 5.91 Å². The lowest BCUT2D eigenvalue weighted by Gasteiger charge is -2.64. The molecule has 2 aromatic rings. The van der Waals surface area contributed by atoms with E-state index in [1.807, 2.05) is 43.4 Å². The molecule has 2 aromatic carbocycles. The summed E-state index contributed by atoms with van der Waals surface area (Å²) in [6.07, 6.45) is 8.00. The summed E-state index contributed by atoms with van der Waals surface area (Å²) in [6, 6.07) is 16.9. The largest absolute Gasteiger partial charge is 0.508 e. The highest BCUT2D eigenvalue weighted by Crippen LogP contribution is 2.72. The summed E-state index contributed by atoms with van der Waals surface area (Å²) in [4.78, 5) is 18.9. The van der Waals surface area contributed by atoms with Gasteiger partial charge in [0.2, 0.25) is 0 Å². The SMILES string of the molecule is CCC1C2[C@@H](CN1C(=O)c1ccccc1)CC1(CC)C3Cc4ccc(O)cc4C21CCN3CCCCNC. The van der Waals surface area contributed by atoms with Gasteiger partial charge in [-0.25, -0.2) is 0 Å². The quantitative estimate of drug-likeness (QED) is 0.473. The van der Waals surface area contributed by atoms with Crippen LogP contribution in [0.15, 0.2) is 48.5 Å². The number of nitrogens with one attached hydrogen (secondary N) is 1. The third-order valence-corrected chi connectivity index (χ3v) is 11.2. The van der Waals surface area contributed by atoms with Gasteiger partial charge in [-0.3, -0.25) is 9.69 Å². The maximum absolute atomic E-state index is 13.8. The molecule has 2 aliphatic carbocycles. The van der Waals surface area contributed by atoms with Gasteiger partial charge < -0.3 is 15.3 Å². The molecule has 2 heterocycles. The number of phenols is 1. The zero-order chi connectivity index (χ0) is 26.5. The molecule has 5 nitrogen and oxygen atoms in total. The van der Waals surface area contributed by atoms with E-state index < -0.39 is 0 Å². The van der Waals surface area contributed by atoms with Crippen molar-refractivity contribution in [3.8, 4) is 5.75 Å². The van der Waals surface area contributed by atoms with Crippen molar-refractivity contribution < 1.29 is 9.90 Å². The Balaban J connectivity index is 1.43. The van der Waals surface area contributed by atoms with Crippen LogP contribution in [0.25, 0.3) is 0 Å². The number of benzene rings is 2. The first-order chi connectivity index (χ1) is 18.5. The molecule has 2 aliphatic heterocycles. The topological polar surface area (TPSA) is 55.8 Å². The number of nitrogens with zero attached hydrogens (tertiary/aromatic N) is 2. The highest BCUT2D eigenvalue weighted by molar-refractivity contribution is 5.94. The van der Waals surface area contributed by atoms with Gasteiger partial charge in [0.15, 0.2) is 0 Å². The molecule has 1 saturated carbocycles. The Kier molecular flexibility index (Phi) is 6.80. The Hall–Kier alpha value is -2.37. The molecule has 1 amide bonds. The Morgan fingerprint density at radius 1 is 1.13 bits per heavy atom. The van der Waals surface area contributed by atoms with E-state index in [2.05, 4.69) is 41.1 Å². The number of aromatic hydroxyl groups is 1. The highest BCUT2D eigenvalue weighted by Gasteiger charge is 2.73. The van der Waals surface area contributed by atoms with Crippen LogP contribution in [0.4, 0.5) is 0 Å². The zero-order valence-corrected chi connectivity index (χ0v) is 23.5. The normalized spacial score (nSPS) is 33.6. The van der Waals surface area contributed by atoms with Crippen molar-refractivity contribution >= 4 is 5.91 Å². The zero-order valence-electron chi connectivity index (χ0n) is 23.5. The van der Waals surface area contributed by atoms with E-state index in [9.17, 15) is 9.90 Å². The molecule has 2 N–H and O–H groups in total. The fraction of sp³-hybridized carbons (Fsp3) is 0.606. The van der Waals surface area contributed by atoms with Gasteiger partial charge in [-0.1, -0.05) is 38.1 Å². The summed E-state index contributed by atoms with van der Waals surface area (Å²) in [5.74, 6) is 1.53. The number of phenolic OH excluding ortho intramolecular Hbond substituents is 1. The van der Waals surface area contributed by atoms with E-state index in [0.29, 0.717) is 23.6 Å². The fourth-order valence-electron chi connectivity index (χ4n) is 9.90. The number of rotatable bonds is 8. The monoisotopic (exact) mass is 515 g/mol. The second-order valence-corrected chi connectivity index (χ2v) is 12.4. The lowest BCUT2D eigenvalue weighted by molar-refractivity contribution is -0.0754. The van der Waals surface area contributed by atoms with Crippen LogP contribution in [-0.2, 0) is 11.8 Å². The molecule has 0 aromatic heterocycles. The Bertz CT molecular complexity index is 1170. The lowest BCUT2D eigenvalue weighted by atomic mass is 9.46. The summed E-state index contributed by atoms with van der Waals surface area (Å²) >= 11 is 0. The number of carbonyl (C=O) groups is 1. The number of fused-ring (bicyclic) bond motifs is 2. The molecule has 6 rings (SSSR count). The summed E-state index contributed by atoms with van der Waals surface area (Å²) < 4.78 is 0. The van der Waals surface area contributed by atoms with E-state index in [4.69, 9.17) is 0 Å². The van der Waals surface area contributed by atoms with E-state index in [1.54, 1.807) is 0 Å². The number of piperidine rings is 1. The molecule has 4 aliphatic rings. The van der Waals surface area contributed by atoms with E-state index in [1.165, 1.54) is 36.9 Å². The third-order valence-electron chi connectivity index (χ3n) is 11.2. The van der Waals surface area contributed by atoms with Gasteiger partial charge in [0, 0.05) is 29.6 Å². The molecule has 38 heavy (non-hydrogen) atoms. The van der Waals surface area contributed by atoms with Crippen LogP contribution in [0, 0.1) is 17.3 Å². The molecule has 2 bridgehead atoms. The predicted octanol–water partition coefficient (Wildman–Crippen LogP) is 5.23. The van der Waals surface area contributed by atoms with Crippen molar-refractivity contribution in [3.05, 3.63) is 65.2 Å². The van der Waals surface area contributed by atoms with Crippen molar-refractivity contribution in [2.45, 2.75) is 76.3 Å². The number of hydrogen-bond acceptors (Lipinski definition) is 4. The van der Waals surface area contributed by atoms with Crippen LogP contribution in [-0.4, -0.2) is 66.1 Å². The molecule has 0 radical (unpaired) electrons. The third kappa shape index (κ3) is 3.61. The summed E-state index contributed by atoms with van der Waals surface area (Å²) in [5.41, 5.74) is 3.85. The van der Waals surface area contributed by atoms with Crippen molar-refractivity contribution in [1.29, 1.82) is 0 Å². The first-order valence-corrected chi connectivity index (χ1v) is 15.1. The number of hydrogen-bond donors (Lipinski definition) is 2. The summed E-state index contributed by atoms with van der Waals surface area (Å²) in [6.45, 7) is 8.94. The molecule has 6 atom stereocenters. The highest BCUT2D eigenvalue weighted by atomic mass is 16.3. The fourth-order valence-corrected chi connectivity index (χ4v) is 9.90. The van der Waals surface area contributed by atoms with Crippen molar-refractivity contribution in [3.63, 3.8) is 0 Å². The van der Waals surface area contributed by atoms with E-state index >= 15 is 0 Å². The first kappa shape index (κ1) is 25.9. The van der Waals surface area contributed by atoms with Crippen LogP contribution in [0.1, 0.15) is 73.9 Å². The van der Waals surface area contributed by atoms with Gasteiger partial charge >= 0.3 is 0 Å². The maximum Gasteiger partial charge on any atom is 0.254 e. The summed E-state index contributed by atoms with van der Waals surface area (Å²) in [5, 5.41) is 14.1. The molecule has 0 spiro atoms. The minimum absolute atomic E-state index is 0.0112. The van der Waals surface area contributed by atoms with E-state index in [-0.39, 0.29) is 22.8 Å². The average Bonchev–Trinajstić information content (AvgIpc) is 3.45. The molecule has 2 saturated heterocycles. The van der Waals surface area contributed by atoms with Crippen LogP contribution >= 0.6 is 0 Å². The Labute approximate surface area is 228 Å². The molecule has 5 heteroatoms. The van der Waals surface area contributed by atoms with Gasteiger partial charge in [0.1, 0.15) is 5.75 Å². The number of unbranched alkanes of at least 4 members (excludes halogenated alkanes) is 1. The first-order valence-electron chi connectivity index (χ1n) is 15.1. The molecule has 3 fully saturated rings.